The van der Waals surface area contributed by atoms with Gasteiger partial charge in [-0.2, -0.15) is 0 Å². The van der Waals surface area contributed by atoms with Crippen molar-refractivity contribution in [1.82, 2.24) is 9.97 Å². The van der Waals surface area contributed by atoms with Crippen molar-refractivity contribution in [2.24, 2.45) is 0 Å². The van der Waals surface area contributed by atoms with Crippen molar-refractivity contribution in [2.75, 3.05) is 5.73 Å². The number of anilines is 1. The quantitative estimate of drug-likeness (QED) is 0.889. The highest BCUT2D eigenvalue weighted by atomic mass is 79.9. The number of nitrogens with two attached hydrogens (primary N) is 1. The summed E-state index contributed by atoms with van der Waals surface area (Å²) in [7, 11) is 0. The Morgan fingerprint density at radius 2 is 1.88 bits per heavy atom. The van der Waals surface area contributed by atoms with Gasteiger partial charge in [0.15, 0.2) is 5.82 Å². The Balaban J connectivity index is 2.61. The molecular formula is C12H11Br2N3. The Morgan fingerprint density at radius 1 is 1.18 bits per heavy atom. The fourth-order valence-electron chi connectivity index (χ4n) is 1.51. The van der Waals surface area contributed by atoms with E-state index in [0.29, 0.717) is 11.6 Å². The summed E-state index contributed by atoms with van der Waals surface area (Å²) in [5.74, 6) is 1.12. The van der Waals surface area contributed by atoms with E-state index in [9.17, 15) is 0 Å². The van der Waals surface area contributed by atoms with Crippen molar-refractivity contribution in [3.05, 3.63) is 38.9 Å². The first-order valence-corrected chi connectivity index (χ1v) is 6.79. The molecule has 0 unspecified atom stereocenters. The molecule has 0 atom stereocenters. The molecule has 0 bridgehead atoms. The number of rotatable bonds is 2. The lowest BCUT2D eigenvalue weighted by molar-refractivity contribution is 0.995. The van der Waals surface area contributed by atoms with Crippen molar-refractivity contribution in [3.8, 4) is 11.4 Å². The largest absolute Gasteiger partial charge is 0.383 e. The van der Waals surface area contributed by atoms with Gasteiger partial charge in [0.2, 0.25) is 0 Å². The molecule has 17 heavy (non-hydrogen) atoms. The van der Waals surface area contributed by atoms with Gasteiger partial charge in [-0.15, -0.1) is 0 Å². The van der Waals surface area contributed by atoms with E-state index in [1.165, 1.54) is 0 Å². The second-order valence-corrected chi connectivity index (χ2v) is 5.17. The summed E-state index contributed by atoms with van der Waals surface area (Å²) in [5, 5.41) is 0. The molecule has 0 aliphatic heterocycles. The maximum atomic E-state index is 5.87. The molecule has 1 heterocycles. The molecule has 3 nitrogen and oxygen atoms in total. The molecule has 2 aromatic rings. The van der Waals surface area contributed by atoms with E-state index in [1.54, 1.807) is 0 Å². The Hall–Kier alpha value is -0.940. The van der Waals surface area contributed by atoms with Crippen molar-refractivity contribution in [3.63, 3.8) is 0 Å². The summed E-state index contributed by atoms with van der Waals surface area (Å²) >= 11 is 6.89. The van der Waals surface area contributed by atoms with Crippen molar-refractivity contribution in [2.45, 2.75) is 13.3 Å². The van der Waals surface area contributed by atoms with Crippen LogP contribution in [0.25, 0.3) is 11.4 Å². The van der Waals surface area contributed by atoms with Crippen LogP contribution in [-0.4, -0.2) is 9.97 Å². The maximum Gasteiger partial charge on any atom is 0.162 e. The summed E-state index contributed by atoms with van der Waals surface area (Å²) in [6.07, 6.45) is 0.810. The van der Waals surface area contributed by atoms with Crippen molar-refractivity contribution < 1.29 is 0 Å². The lowest BCUT2D eigenvalue weighted by Crippen LogP contribution is -2.02. The molecule has 1 aromatic carbocycles. The van der Waals surface area contributed by atoms with Crippen LogP contribution in [0.4, 0.5) is 5.82 Å². The first kappa shape index (κ1) is 12.5. The predicted octanol–water partition coefficient (Wildman–Crippen LogP) is 3.81. The van der Waals surface area contributed by atoms with E-state index in [1.807, 2.05) is 31.2 Å². The lowest BCUT2D eigenvalue weighted by Gasteiger charge is -2.08. The highest BCUT2D eigenvalue weighted by Crippen LogP contribution is 2.29. The summed E-state index contributed by atoms with van der Waals surface area (Å²) in [6, 6.07) is 7.83. The molecular weight excluding hydrogens is 346 g/mol. The third-order valence-corrected chi connectivity index (χ3v) is 3.95. The number of nitrogens with zero attached hydrogens (tertiary/aromatic N) is 2. The van der Waals surface area contributed by atoms with Crippen LogP contribution < -0.4 is 5.73 Å². The van der Waals surface area contributed by atoms with E-state index in [2.05, 4.69) is 41.8 Å². The number of benzene rings is 1. The lowest BCUT2D eigenvalue weighted by atomic mass is 10.2. The van der Waals surface area contributed by atoms with Crippen molar-refractivity contribution in [1.29, 1.82) is 0 Å². The molecule has 1 aromatic heterocycles. The second kappa shape index (κ2) is 5.14. The standard InChI is InChI=1S/C12H11Br2N3/c1-2-9-10(14)11(15)17-12(16-9)7-5-3-4-6-8(7)13/h3-6H,2H2,1H3,(H2,15,16,17). The molecule has 0 aliphatic rings. The Morgan fingerprint density at radius 3 is 2.53 bits per heavy atom. The smallest absolute Gasteiger partial charge is 0.162 e. The van der Waals surface area contributed by atoms with Gasteiger partial charge in [0.25, 0.3) is 0 Å². The van der Waals surface area contributed by atoms with E-state index >= 15 is 0 Å². The molecule has 0 fully saturated rings. The normalized spacial score (nSPS) is 10.5. The molecule has 5 heteroatoms. The third kappa shape index (κ3) is 2.50. The molecule has 0 saturated carbocycles. The highest BCUT2D eigenvalue weighted by molar-refractivity contribution is 9.11. The van der Waals surface area contributed by atoms with Crippen LogP contribution in [0.2, 0.25) is 0 Å². The first-order chi connectivity index (χ1) is 8.13. The van der Waals surface area contributed by atoms with Crippen LogP contribution >= 0.6 is 31.9 Å². The summed E-state index contributed by atoms with van der Waals surface area (Å²) in [4.78, 5) is 8.82. The predicted molar refractivity (Wildman–Crippen MR) is 76.7 cm³/mol. The van der Waals surface area contributed by atoms with E-state index in [0.717, 1.165) is 26.6 Å². The van der Waals surface area contributed by atoms with Gasteiger partial charge in [0.05, 0.1) is 10.2 Å². The first-order valence-electron chi connectivity index (χ1n) is 5.20. The minimum atomic E-state index is 0.475. The third-order valence-electron chi connectivity index (χ3n) is 2.40. The zero-order valence-corrected chi connectivity index (χ0v) is 12.4. The van der Waals surface area contributed by atoms with E-state index in [4.69, 9.17) is 5.73 Å². The zero-order chi connectivity index (χ0) is 12.4. The fourth-order valence-corrected chi connectivity index (χ4v) is 2.43. The number of hydrogen-bond acceptors (Lipinski definition) is 3. The number of aryl methyl sites for hydroxylation is 1. The summed E-state index contributed by atoms with van der Waals surface area (Å²) < 4.78 is 1.75. The topological polar surface area (TPSA) is 51.8 Å². The summed E-state index contributed by atoms with van der Waals surface area (Å²) in [5.41, 5.74) is 7.74. The van der Waals surface area contributed by atoms with Crippen molar-refractivity contribution >= 4 is 37.7 Å². The Kier molecular flexibility index (Phi) is 3.79. The number of hydrogen-bond donors (Lipinski definition) is 1. The van der Waals surface area contributed by atoms with Gasteiger partial charge in [-0.1, -0.05) is 41.1 Å². The zero-order valence-electron chi connectivity index (χ0n) is 9.24. The van der Waals surface area contributed by atoms with Crippen LogP contribution in [0.5, 0.6) is 0 Å². The second-order valence-electron chi connectivity index (χ2n) is 3.53. The molecule has 2 rings (SSSR count). The van der Waals surface area contributed by atoms with Crippen LogP contribution in [0, 0.1) is 0 Å². The minimum absolute atomic E-state index is 0.475. The monoisotopic (exact) mass is 355 g/mol. The van der Waals surface area contributed by atoms with Gasteiger partial charge >= 0.3 is 0 Å². The van der Waals surface area contributed by atoms with E-state index in [-0.39, 0.29) is 0 Å². The summed E-state index contributed by atoms with van der Waals surface area (Å²) in [6.45, 7) is 2.04. The molecule has 2 N–H and O–H groups in total. The van der Waals surface area contributed by atoms with Crippen LogP contribution in [-0.2, 0) is 6.42 Å². The van der Waals surface area contributed by atoms with Gasteiger partial charge < -0.3 is 5.73 Å². The molecule has 0 aliphatic carbocycles. The highest BCUT2D eigenvalue weighted by Gasteiger charge is 2.11. The van der Waals surface area contributed by atoms with Gasteiger partial charge in [-0.05, 0) is 28.4 Å². The van der Waals surface area contributed by atoms with Crippen LogP contribution in [0.1, 0.15) is 12.6 Å². The molecule has 0 spiro atoms. The minimum Gasteiger partial charge on any atom is -0.383 e. The molecule has 0 radical (unpaired) electrons. The average Bonchev–Trinajstić information content (AvgIpc) is 2.33. The van der Waals surface area contributed by atoms with E-state index < -0.39 is 0 Å². The Labute approximate surface area is 117 Å². The fraction of sp³-hybridized carbons (Fsp3) is 0.167. The molecule has 0 saturated heterocycles. The average molecular weight is 357 g/mol. The van der Waals surface area contributed by atoms with Crippen LogP contribution in [0.3, 0.4) is 0 Å². The van der Waals surface area contributed by atoms with Gasteiger partial charge in [-0.25, -0.2) is 9.97 Å². The Bertz CT molecular complexity index is 555. The molecule has 0 amide bonds. The number of nitrogen functional groups attached to an aromatic ring is 1. The SMILES string of the molecule is CCc1nc(-c2ccccc2Br)nc(N)c1Br. The maximum absolute atomic E-state index is 5.87. The van der Waals surface area contributed by atoms with Gasteiger partial charge in [-0.3, -0.25) is 0 Å². The van der Waals surface area contributed by atoms with Gasteiger partial charge in [0, 0.05) is 10.0 Å². The van der Waals surface area contributed by atoms with Crippen LogP contribution in [0.15, 0.2) is 33.2 Å². The molecule has 88 valence electrons. The number of aromatic nitrogens is 2. The number of halogens is 2. The van der Waals surface area contributed by atoms with Gasteiger partial charge in [0.1, 0.15) is 5.82 Å².